The molecule has 0 fully saturated rings. The van der Waals surface area contributed by atoms with Crippen molar-refractivity contribution < 1.29 is 0 Å². The first-order chi connectivity index (χ1) is 11.7. The zero-order chi connectivity index (χ0) is 17.3. The molecule has 0 aliphatic rings. The molecule has 0 saturated heterocycles. The van der Waals surface area contributed by atoms with E-state index < -0.39 is 0 Å². The Kier molecular flexibility index (Phi) is 7.31. The smallest absolute Gasteiger partial charge is 0.00348 e. The van der Waals surface area contributed by atoms with E-state index in [1.54, 1.807) is 0 Å². The zero-order valence-corrected chi connectivity index (χ0v) is 15.6. The highest BCUT2D eigenvalue weighted by atomic mass is 14.3. The Hall–Kier alpha value is -1.82. The summed E-state index contributed by atoms with van der Waals surface area (Å²) in [5.41, 5.74) is 4.55. The summed E-state index contributed by atoms with van der Waals surface area (Å²) < 4.78 is 0. The van der Waals surface area contributed by atoms with Crippen molar-refractivity contribution in [3.8, 4) is 0 Å². The van der Waals surface area contributed by atoms with E-state index in [1.165, 1.54) is 42.4 Å². The molecule has 0 heterocycles. The van der Waals surface area contributed by atoms with Crippen LogP contribution in [-0.2, 0) is 5.41 Å². The minimum absolute atomic E-state index is 0.201. The highest BCUT2D eigenvalue weighted by molar-refractivity contribution is 5.67. The Morgan fingerprint density at radius 2 is 1.50 bits per heavy atom. The maximum Gasteiger partial charge on any atom is -0.00348 e. The first-order valence-corrected chi connectivity index (χ1v) is 9.49. The first-order valence-electron chi connectivity index (χ1n) is 9.49. The summed E-state index contributed by atoms with van der Waals surface area (Å²) in [5.74, 6) is 0. The van der Waals surface area contributed by atoms with Crippen LogP contribution in [0.25, 0.3) is 5.57 Å². The summed E-state index contributed by atoms with van der Waals surface area (Å²) in [6, 6.07) is 22.0. The highest BCUT2D eigenvalue weighted by Gasteiger charge is 2.27. The Morgan fingerprint density at radius 1 is 0.875 bits per heavy atom. The normalized spacial score (nSPS) is 14.4. The second-order valence-corrected chi connectivity index (χ2v) is 7.09. The van der Waals surface area contributed by atoms with Crippen LogP contribution in [-0.4, -0.2) is 0 Å². The van der Waals surface area contributed by atoms with Crippen LogP contribution in [0.3, 0.4) is 0 Å². The standard InChI is InChI=1S/C24H32/c1-4-6-14-22(21-15-10-8-11-16-21)20-24(3,19-7-5-2)23-17-12-9-13-18-23/h8-18H,4-7,19-20H2,1-3H3. The fraction of sp³-hybridized carbons (Fsp3) is 0.417. The maximum absolute atomic E-state index is 2.46. The highest BCUT2D eigenvalue weighted by Crippen LogP contribution is 2.39. The molecule has 0 amide bonds. The molecule has 0 N–H and O–H groups in total. The quantitative estimate of drug-likeness (QED) is 0.451. The molecular weight excluding hydrogens is 288 g/mol. The number of rotatable bonds is 9. The van der Waals surface area contributed by atoms with Gasteiger partial charge in [-0.2, -0.15) is 0 Å². The molecule has 0 radical (unpaired) electrons. The fourth-order valence-corrected chi connectivity index (χ4v) is 3.43. The second-order valence-electron chi connectivity index (χ2n) is 7.09. The molecule has 2 rings (SSSR count). The van der Waals surface area contributed by atoms with Crippen molar-refractivity contribution >= 4 is 5.57 Å². The van der Waals surface area contributed by atoms with Crippen molar-refractivity contribution in [2.75, 3.05) is 0 Å². The van der Waals surface area contributed by atoms with E-state index >= 15 is 0 Å². The van der Waals surface area contributed by atoms with Gasteiger partial charge < -0.3 is 0 Å². The van der Waals surface area contributed by atoms with Gasteiger partial charge in [0.2, 0.25) is 0 Å². The van der Waals surface area contributed by atoms with E-state index in [9.17, 15) is 0 Å². The van der Waals surface area contributed by atoms with Gasteiger partial charge in [-0.1, -0.05) is 107 Å². The molecule has 0 saturated carbocycles. The van der Waals surface area contributed by atoms with Gasteiger partial charge >= 0.3 is 0 Å². The lowest BCUT2D eigenvalue weighted by Crippen LogP contribution is -2.22. The third-order valence-corrected chi connectivity index (χ3v) is 4.96. The zero-order valence-electron chi connectivity index (χ0n) is 15.6. The van der Waals surface area contributed by atoms with Crippen molar-refractivity contribution in [2.45, 2.75) is 64.7 Å². The molecule has 1 unspecified atom stereocenters. The lowest BCUT2D eigenvalue weighted by molar-refractivity contribution is 0.426. The molecule has 0 bridgehead atoms. The van der Waals surface area contributed by atoms with Gasteiger partial charge in [0.25, 0.3) is 0 Å². The number of hydrogen-bond acceptors (Lipinski definition) is 0. The third kappa shape index (κ3) is 5.09. The van der Waals surface area contributed by atoms with Crippen molar-refractivity contribution in [1.29, 1.82) is 0 Å². The van der Waals surface area contributed by atoms with Crippen LogP contribution in [0.2, 0.25) is 0 Å². The topological polar surface area (TPSA) is 0 Å². The summed E-state index contributed by atoms with van der Waals surface area (Å²) in [6.07, 6.45) is 9.70. The molecule has 0 aliphatic heterocycles. The van der Waals surface area contributed by atoms with Gasteiger partial charge in [0.15, 0.2) is 0 Å². The van der Waals surface area contributed by atoms with E-state index in [4.69, 9.17) is 0 Å². The first kappa shape index (κ1) is 18.5. The average molecular weight is 321 g/mol. The lowest BCUT2D eigenvalue weighted by atomic mass is 9.72. The molecule has 2 aromatic carbocycles. The minimum Gasteiger partial charge on any atom is -0.0807 e. The van der Waals surface area contributed by atoms with E-state index in [1.807, 2.05) is 0 Å². The van der Waals surface area contributed by atoms with E-state index in [-0.39, 0.29) is 5.41 Å². The van der Waals surface area contributed by atoms with Gasteiger partial charge in [0.05, 0.1) is 0 Å². The number of unbranched alkanes of at least 4 members (excludes halogenated alkanes) is 2. The van der Waals surface area contributed by atoms with E-state index in [0.29, 0.717) is 0 Å². The Morgan fingerprint density at radius 3 is 2.08 bits per heavy atom. The molecule has 1 atom stereocenters. The maximum atomic E-state index is 2.46. The molecule has 0 aromatic heterocycles. The molecule has 128 valence electrons. The van der Waals surface area contributed by atoms with Crippen LogP contribution >= 0.6 is 0 Å². The van der Waals surface area contributed by atoms with Crippen molar-refractivity contribution in [3.05, 3.63) is 77.9 Å². The fourth-order valence-electron chi connectivity index (χ4n) is 3.43. The van der Waals surface area contributed by atoms with Gasteiger partial charge in [-0.05, 0) is 41.4 Å². The van der Waals surface area contributed by atoms with Crippen molar-refractivity contribution in [1.82, 2.24) is 0 Å². The average Bonchev–Trinajstić information content (AvgIpc) is 2.65. The monoisotopic (exact) mass is 320 g/mol. The van der Waals surface area contributed by atoms with Crippen LogP contribution in [0.1, 0.15) is 70.4 Å². The summed E-state index contributed by atoms with van der Waals surface area (Å²) in [6.45, 7) is 6.99. The molecule has 24 heavy (non-hydrogen) atoms. The minimum atomic E-state index is 0.201. The van der Waals surface area contributed by atoms with Gasteiger partial charge in [0.1, 0.15) is 0 Å². The molecule has 2 aromatic rings. The van der Waals surface area contributed by atoms with Gasteiger partial charge in [-0.3, -0.25) is 0 Å². The number of benzene rings is 2. The largest absolute Gasteiger partial charge is 0.0807 e. The Bertz CT molecular complexity index is 609. The van der Waals surface area contributed by atoms with Crippen LogP contribution < -0.4 is 0 Å². The van der Waals surface area contributed by atoms with Crippen molar-refractivity contribution in [2.24, 2.45) is 0 Å². The number of allylic oxidation sites excluding steroid dienone is 2. The molecular formula is C24H32. The second kappa shape index (κ2) is 9.47. The van der Waals surface area contributed by atoms with E-state index in [0.717, 1.165) is 12.8 Å². The lowest BCUT2D eigenvalue weighted by Gasteiger charge is -2.32. The molecule has 0 heteroatoms. The predicted molar refractivity (Wildman–Crippen MR) is 107 cm³/mol. The summed E-state index contributed by atoms with van der Waals surface area (Å²) >= 11 is 0. The number of hydrogen-bond donors (Lipinski definition) is 0. The molecule has 0 aliphatic carbocycles. The van der Waals surface area contributed by atoms with Crippen molar-refractivity contribution in [3.63, 3.8) is 0 Å². The van der Waals surface area contributed by atoms with Gasteiger partial charge in [-0.15, -0.1) is 0 Å². The van der Waals surface area contributed by atoms with Crippen LogP contribution in [0.4, 0.5) is 0 Å². The molecule has 0 spiro atoms. The Balaban J connectivity index is 2.34. The summed E-state index contributed by atoms with van der Waals surface area (Å²) in [7, 11) is 0. The predicted octanol–water partition coefficient (Wildman–Crippen LogP) is 7.41. The van der Waals surface area contributed by atoms with Crippen LogP contribution in [0.15, 0.2) is 66.7 Å². The van der Waals surface area contributed by atoms with Crippen LogP contribution in [0, 0.1) is 0 Å². The summed E-state index contributed by atoms with van der Waals surface area (Å²) in [5, 5.41) is 0. The summed E-state index contributed by atoms with van der Waals surface area (Å²) in [4.78, 5) is 0. The van der Waals surface area contributed by atoms with Gasteiger partial charge in [-0.25, -0.2) is 0 Å². The molecule has 0 nitrogen and oxygen atoms in total. The van der Waals surface area contributed by atoms with E-state index in [2.05, 4.69) is 87.5 Å². The third-order valence-electron chi connectivity index (χ3n) is 4.96. The van der Waals surface area contributed by atoms with Gasteiger partial charge in [0, 0.05) is 0 Å². The Labute approximate surface area is 148 Å². The van der Waals surface area contributed by atoms with Crippen LogP contribution in [0.5, 0.6) is 0 Å². The SMILES string of the molecule is CCCC=C(CC(C)(CCCC)c1ccccc1)c1ccccc1.